The summed E-state index contributed by atoms with van der Waals surface area (Å²) in [4.78, 5) is 10.8. The molecule has 94 valence electrons. The van der Waals surface area contributed by atoms with Crippen molar-refractivity contribution in [3.8, 4) is 0 Å². The summed E-state index contributed by atoms with van der Waals surface area (Å²) in [5.74, 6) is -1.61. The van der Waals surface area contributed by atoms with Crippen molar-refractivity contribution in [3.63, 3.8) is 0 Å². The Labute approximate surface area is 102 Å². The van der Waals surface area contributed by atoms with Gasteiger partial charge in [0, 0.05) is 13.2 Å². The third kappa shape index (κ3) is 2.62. The fourth-order valence-electron chi connectivity index (χ4n) is 1.46. The van der Waals surface area contributed by atoms with E-state index in [0.717, 1.165) is 6.07 Å². The van der Waals surface area contributed by atoms with E-state index in [0.29, 0.717) is 5.69 Å². The van der Waals surface area contributed by atoms with Crippen LogP contribution in [-0.4, -0.2) is 26.1 Å². The highest BCUT2D eigenvalue weighted by atomic mass is 19.1. The Bertz CT molecular complexity index is 582. The molecule has 7 heteroatoms. The van der Waals surface area contributed by atoms with Crippen molar-refractivity contribution in [2.24, 2.45) is 7.05 Å². The summed E-state index contributed by atoms with van der Waals surface area (Å²) in [6, 6.07) is 3.57. The minimum Gasteiger partial charge on any atom is -0.478 e. The lowest BCUT2D eigenvalue weighted by molar-refractivity contribution is 0.0697. The van der Waals surface area contributed by atoms with Crippen molar-refractivity contribution in [2.75, 3.05) is 5.32 Å². The van der Waals surface area contributed by atoms with Crippen LogP contribution in [0, 0.1) is 5.82 Å². The highest BCUT2D eigenvalue weighted by Crippen LogP contribution is 2.16. The molecule has 0 aliphatic carbocycles. The highest BCUT2D eigenvalue weighted by Gasteiger charge is 2.08. The molecule has 2 aromatic rings. The van der Waals surface area contributed by atoms with Gasteiger partial charge in [-0.2, -0.15) is 0 Å². The van der Waals surface area contributed by atoms with Crippen LogP contribution in [0.15, 0.2) is 24.4 Å². The zero-order valence-electron chi connectivity index (χ0n) is 9.59. The number of aromatic nitrogens is 3. The van der Waals surface area contributed by atoms with Gasteiger partial charge in [0.1, 0.15) is 11.5 Å². The van der Waals surface area contributed by atoms with Gasteiger partial charge in [0.25, 0.3) is 0 Å². The normalized spacial score (nSPS) is 10.3. The van der Waals surface area contributed by atoms with Crippen LogP contribution >= 0.6 is 0 Å². The topological polar surface area (TPSA) is 80.0 Å². The van der Waals surface area contributed by atoms with E-state index in [1.165, 1.54) is 16.8 Å². The number of rotatable bonds is 4. The molecule has 0 bridgehead atoms. The first kappa shape index (κ1) is 12.0. The predicted molar refractivity (Wildman–Crippen MR) is 61.7 cm³/mol. The number of halogens is 1. The lowest BCUT2D eigenvalue weighted by atomic mass is 10.2. The van der Waals surface area contributed by atoms with E-state index in [2.05, 4.69) is 15.6 Å². The van der Waals surface area contributed by atoms with E-state index in [4.69, 9.17) is 5.11 Å². The molecule has 0 unspecified atom stereocenters. The summed E-state index contributed by atoms with van der Waals surface area (Å²) in [6.07, 6.45) is 1.69. The molecule has 0 saturated carbocycles. The monoisotopic (exact) mass is 250 g/mol. The molecule has 0 atom stereocenters. The second-order valence-corrected chi connectivity index (χ2v) is 3.74. The molecule has 0 fully saturated rings. The van der Waals surface area contributed by atoms with E-state index in [1.807, 2.05) is 0 Å². The Morgan fingerprint density at radius 3 is 2.94 bits per heavy atom. The van der Waals surface area contributed by atoms with E-state index in [9.17, 15) is 9.18 Å². The van der Waals surface area contributed by atoms with Gasteiger partial charge in [-0.05, 0) is 18.2 Å². The first-order valence-electron chi connectivity index (χ1n) is 5.18. The third-order valence-corrected chi connectivity index (χ3v) is 2.32. The molecule has 2 N–H and O–H groups in total. The molecule has 0 amide bonds. The van der Waals surface area contributed by atoms with Gasteiger partial charge in [0.15, 0.2) is 0 Å². The van der Waals surface area contributed by atoms with E-state index >= 15 is 0 Å². The number of aryl methyl sites for hydroxylation is 1. The van der Waals surface area contributed by atoms with Gasteiger partial charge in [-0.25, -0.2) is 9.18 Å². The van der Waals surface area contributed by atoms with Crippen molar-refractivity contribution in [2.45, 2.75) is 6.54 Å². The molecular weight excluding hydrogens is 239 g/mol. The van der Waals surface area contributed by atoms with Gasteiger partial charge in [-0.15, -0.1) is 5.10 Å². The number of nitrogens with zero attached hydrogens (tertiary/aromatic N) is 3. The largest absolute Gasteiger partial charge is 0.478 e. The lowest BCUT2D eigenvalue weighted by Gasteiger charge is -2.06. The summed E-state index contributed by atoms with van der Waals surface area (Å²) < 4.78 is 15.0. The smallest absolute Gasteiger partial charge is 0.335 e. The van der Waals surface area contributed by atoms with Crippen LogP contribution in [0.4, 0.5) is 10.1 Å². The highest BCUT2D eigenvalue weighted by molar-refractivity contribution is 5.88. The minimum atomic E-state index is -1.10. The number of carbonyl (C=O) groups is 1. The van der Waals surface area contributed by atoms with Crippen LogP contribution in [0.2, 0.25) is 0 Å². The Hall–Kier alpha value is -2.44. The molecule has 0 spiro atoms. The molecule has 6 nitrogen and oxygen atoms in total. The van der Waals surface area contributed by atoms with Crippen LogP contribution in [0.25, 0.3) is 0 Å². The summed E-state index contributed by atoms with van der Waals surface area (Å²) >= 11 is 0. The maximum Gasteiger partial charge on any atom is 0.335 e. The molecule has 1 aromatic heterocycles. The van der Waals surface area contributed by atoms with Crippen LogP contribution in [0.5, 0.6) is 0 Å². The number of benzene rings is 1. The first-order chi connectivity index (χ1) is 8.56. The molecule has 1 heterocycles. The van der Waals surface area contributed by atoms with Crippen molar-refractivity contribution in [1.82, 2.24) is 15.0 Å². The van der Waals surface area contributed by atoms with Gasteiger partial charge in [-0.1, -0.05) is 5.21 Å². The third-order valence-electron chi connectivity index (χ3n) is 2.32. The average Bonchev–Trinajstić information content (AvgIpc) is 2.74. The molecule has 0 radical (unpaired) electrons. The number of carboxylic acid groups (broad SMARTS) is 1. The number of nitrogens with one attached hydrogen (secondary N) is 1. The van der Waals surface area contributed by atoms with Gasteiger partial charge in [0.2, 0.25) is 0 Å². The molecule has 2 rings (SSSR count). The lowest BCUT2D eigenvalue weighted by Crippen LogP contribution is -2.04. The second kappa shape index (κ2) is 4.82. The number of anilines is 1. The van der Waals surface area contributed by atoms with Crippen LogP contribution in [0.1, 0.15) is 16.1 Å². The molecule has 18 heavy (non-hydrogen) atoms. The van der Waals surface area contributed by atoms with E-state index in [1.54, 1.807) is 13.2 Å². The Balaban J connectivity index is 2.13. The first-order valence-corrected chi connectivity index (χ1v) is 5.18. The Morgan fingerprint density at radius 1 is 1.56 bits per heavy atom. The molecular formula is C11H11FN4O2. The van der Waals surface area contributed by atoms with Gasteiger partial charge in [-0.3, -0.25) is 4.68 Å². The van der Waals surface area contributed by atoms with Crippen LogP contribution < -0.4 is 5.32 Å². The van der Waals surface area contributed by atoms with Crippen molar-refractivity contribution < 1.29 is 14.3 Å². The van der Waals surface area contributed by atoms with E-state index < -0.39 is 11.8 Å². The van der Waals surface area contributed by atoms with Crippen molar-refractivity contribution >= 4 is 11.7 Å². The number of aromatic carboxylic acids is 1. The summed E-state index contributed by atoms with van der Waals surface area (Å²) in [7, 11) is 1.72. The number of hydrogen-bond donors (Lipinski definition) is 2. The maximum atomic E-state index is 13.4. The standard InChI is InChI=1S/C11H11FN4O2/c1-16-6-8(14-15-16)5-13-10-4-7(11(17)18)2-3-9(10)12/h2-4,6,13H,5H2,1H3,(H,17,18). The summed E-state index contributed by atoms with van der Waals surface area (Å²) in [5, 5.41) is 19.2. The van der Waals surface area contributed by atoms with Gasteiger partial charge < -0.3 is 10.4 Å². The SMILES string of the molecule is Cn1cc(CNc2cc(C(=O)O)ccc2F)nn1. The molecule has 0 aliphatic rings. The predicted octanol–water partition coefficient (Wildman–Crippen LogP) is 1.26. The summed E-state index contributed by atoms with van der Waals surface area (Å²) in [6.45, 7) is 0.272. The van der Waals surface area contributed by atoms with Crippen LogP contribution in [0.3, 0.4) is 0 Å². The average molecular weight is 250 g/mol. The Kier molecular flexibility index (Phi) is 3.22. The molecule has 0 aliphatic heterocycles. The van der Waals surface area contributed by atoms with Gasteiger partial charge >= 0.3 is 5.97 Å². The fourth-order valence-corrected chi connectivity index (χ4v) is 1.46. The van der Waals surface area contributed by atoms with Crippen LogP contribution in [-0.2, 0) is 13.6 Å². The quantitative estimate of drug-likeness (QED) is 0.854. The van der Waals surface area contributed by atoms with E-state index in [-0.39, 0.29) is 17.8 Å². The van der Waals surface area contributed by atoms with Gasteiger partial charge in [0.05, 0.1) is 17.8 Å². The number of hydrogen-bond acceptors (Lipinski definition) is 4. The zero-order chi connectivity index (χ0) is 13.1. The Morgan fingerprint density at radius 2 is 2.33 bits per heavy atom. The zero-order valence-corrected chi connectivity index (χ0v) is 9.59. The van der Waals surface area contributed by atoms with Crippen molar-refractivity contribution in [3.05, 3.63) is 41.5 Å². The number of carboxylic acids is 1. The fraction of sp³-hybridized carbons (Fsp3) is 0.182. The molecule has 0 saturated heterocycles. The second-order valence-electron chi connectivity index (χ2n) is 3.74. The maximum absolute atomic E-state index is 13.4. The molecule has 1 aromatic carbocycles. The minimum absolute atomic E-state index is 0.0260. The summed E-state index contributed by atoms with van der Waals surface area (Å²) in [5.41, 5.74) is 0.788. The van der Waals surface area contributed by atoms with Crippen molar-refractivity contribution in [1.29, 1.82) is 0 Å².